The van der Waals surface area contributed by atoms with Crippen molar-refractivity contribution in [2.75, 3.05) is 13.1 Å². The Morgan fingerprint density at radius 1 is 1.21 bits per heavy atom. The number of amides is 1. The van der Waals surface area contributed by atoms with Gasteiger partial charge in [-0.15, -0.1) is 0 Å². The van der Waals surface area contributed by atoms with E-state index >= 15 is 0 Å². The number of hydrogen-bond donors (Lipinski definition) is 1. The van der Waals surface area contributed by atoms with Crippen LogP contribution in [0.3, 0.4) is 0 Å². The largest absolute Gasteiger partial charge is 0.271 e. The number of sulfonamides is 1. The highest BCUT2D eigenvalue weighted by Gasteiger charge is 2.22. The van der Waals surface area contributed by atoms with E-state index in [9.17, 15) is 17.6 Å². The third-order valence-corrected chi connectivity index (χ3v) is 7.33. The first-order valence-electron chi connectivity index (χ1n) is 10.1. The van der Waals surface area contributed by atoms with Crippen LogP contribution >= 0.6 is 11.6 Å². The van der Waals surface area contributed by atoms with Crippen LogP contribution in [-0.4, -0.2) is 47.7 Å². The Hall–Kier alpha value is -3.08. The van der Waals surface area contributed by atoms with Crippen LogP contribution in [0.15, 0.2) is 58.5 Å². The number of aromatic nitrogens is 2. The van der Waals surface area contributed by atoms with Crippen LogP contribution in [0.5, 0.6) is 0 Å². The number of aryl methyl sites for hydroxylation is 1. The molecule has 2 aromatic carbocycles. The van der Waals surface area contributed by atoms with Gasteiger partial charge in [-0.3, -0.25) is 4.79 Å². The zero-order valence-corrected chi connectivity index (χ0v) is 19.9. The number of nitrogens with one attached hydrogen (secondary N) is 1. The Morgan fingerprint density at radius 2 is 1.88 bits per heavy atom. The maximum absolute atomic E-state index is 13.2. The molecule has 0 saturated carbocycles. The van der Waals surface area contributed by atoms with E-state index in [0.717, 1.165) is 0 Å². The summed E-state index contributed by atoms with van der Waals surface area (Å²) in [5.74, 6) is -0.959. The van der Waals surface area contributed by atoms with E-state index in [0.29, 0.717) is 30.0 Å². The first-order chi connectivity index (χ1) is 15.7. The predicted octanol–water partition coefficient (Wildman–Crippen LogP) is 3.77. The molecule has 0 spiro atoms. The number of hydrogen-bond acceptors (Lipinski definition) is 5. The Labute approximate surface area is 196 Å². The summed E-state index contributed by atoms with van der Waals surface area (Å²) in [5, 5.41) is 8.50. The van der Waals surface area contributed by atoms with Crippen LogP contribution in [0.4, 0.5) is 4.39 Å². The van der Waals surface area contributed by atoms with E-state index in [-0.39, 0.29) is 21.4 Å². The molecule has 0 atom stereocenters. The summed E-state index contributed by atoms with van der Waals surface area (Å²) in [6.07, 6.45) is 1.35. The van der Waals surface area contributed by atoms with Gasteiger partial charge in [0.2, 0.25) is 10.0 Å². The molecule has 0 fully saturated rings. The van der Waals surface area contributed by atoms with Gasteiger partial charge < -0.3 is 0 Å². The first-order valence-corrected chi connectivity index (χ1v) is 12.0. The highest BCUT2D eigenvalue weighted by molar-refractivity contribution is 7.89. The van der Waals surface area contributed by atoms with Gasteiger partial charge in [0.05, 0.1) is 28.1 Å². The van der Waals surface area contributed by atoms with Crippen LogP contribution in [0, 0.1) is 12.7 Å². The lowest BCUT2D eigenvalue weighted by Gasteiger charge is -2.18. The fraction of sp³-hybridized carbons (Fsp3) is 0.227. The molecule has 3 aromatic rings. The van der Waals surface area contributed by atoms with Gasteiger partial charge in [0.15, 0.2) is 0 Å². The molecule has 1 amide bonds. The van der Waals surface area contributed by atoms with Crippen LogP contribution in [-0.2, 0) is 10.0 Å². The molecule has 0 aliphatic carbocycles. The van der Waals surface area contributed by atoms with Crippen molar-refractivity contribution >= 4 is 33.7 Å². The van der Waals surface area contributed by atoms with Gasteiger partial charge in [-0.25, -0.2) is 22.9 Å². The van der Waals surface area contributed by atoms with Gasteiger partial charge in [-0.1, -0.05) is 31.5 Å². The standard InChI is InChI=1S/C22H23ClFN5O3S/c1-4-28(5-2)33(31,32)19-8-6-7-16(13-19)22(30)26-25-14-20-15(3)27-29(21(20)23)18-11-9-17(24)10-12-18/h6-14H,4-5H2,1-3H3,(H,26,30)/b25-14+. The van der Waals surface area contributed by atoms with Crippen LogP contribution in [0.2, 0.25) is 5.15 Å². The van der Waals surface area contributed by atoms with E-state index in [4.69, 9.17) is 11.6 Å². The molecule has 3 rings (SSSR count). The Kier molecular flexibility index (Phi) is 7.62. The molecule has 33 heavy (non-hydrogen) atoms. The molecule has 1 N–H and O–H groups in total. The number of hydrazone groups is 1. The van der Waals surface area contributed by atoms with Crippen LogP contribution in [0.1, 0.15) is 35.5 Å². The summed E-state index contributed by atoms with van der Waals surface area (Å²) in [4.78, 5) is 12.6. The van der Waals surface area contributed by atoms with Gasteiger partial charge in [0.25, 0.3) is 5.91 Å². The summed E-state index contributed by atoms with van der Waals surface area (Å²) >= 11 is 6.40. The lowest BCUT2D eigenvalue weighted by Crippen LogP contribution is -2.30. The Morgan fingerprint density at radius 3 is 2.52 bits per heavy atom. The molecule has 8 nitrogen and oxygen atoms in total. The zero-order valence-electron chi connectivity index (χ0n) is 18.3. The second-order valence-electron chi connectivity index (χ2n) is 6.99. The quantitative estimate of drug-likeness (QED) is 0.383. The minimum absolute atomic E-state index is 0.0299. The van der Waals surface area contributed by atoms with Crippen molar-refractivity contribution in [2.24, 2.45) is 5.10 Å². The van der Waals surface area contributed by atoms with Gasteiger partial charge in [-0.2, -0.15) is 14.5 Å². The van der Waals surface area contributed by atoms with E-state index < -0.39 is 15.9 Å². The molecule has 0 bridgehead atoms. The Bertz CT molecular complexity index is 1290. The number of benzene rings is 2. The number of rotatable bonds is 8. The molecule has 0 aliphatic heterocycles. The molecular weight excluding hydrogens is 469 g/mol. The van der Waals surface area contributed by atoms with Gasteiger partial charge >= 0.3 is 0 Å². The second kappa shape index (κ2) is 10.2. The molecule has 0 saturated heterocycles. The lowest BCUT2D eigenvalue weighted by molar-refractivity contribution is 0.0955. The number of carbonyl (C=O) groups excluding carboxylic acids is 1. The molecule has 174 valence electrons. The predicted molar refractivity (Wildman–Crippen MR) is 125 cm³/mol. The number of nitrogens with zero attached hydrogens (tertiary/aromatic N) is 4. The summed E-state index contributed by atoms with van der Waals surface area (Å²) in [6.45, 7) is 5.86. The SMILES string of the molecule is CCN(CC)S(=O)(=O)c1cccc(C(=O)N/N=C/c2c(C)nn(-c3ccc(F)cc3)c2Cl)c1. The second-order valence-corrected chi connectivity index (χ2v) is 9.29. The van der Waals surface area contributed by atoms with E-state index in [1.54, 1.807) is 20.8 Å². The van der Waals surface area contributed by atoms with Gasteiger partial charge in [0, 0.05) is 18.7 Å². The Balaban J connectivity index is 1.78. The molecule has 0 aliphatic rings. The van der Waals surface area contributed by atoms with Crippen molar-refractivity contribution in [3.8, 4) is 5.69 Å². The highest BCUT2D eigenvalue weighted by Crippen LogP contribution is 2.22. The van der Waals surface area contributed by atoms with Crippen molar-refractivity contribution in [3.05, 3.63) is 76.3 Å². The van der Waals surface area contributed by atoms with Crippen molar-refractivity contribution in [3.63, 3.8) is 0 Å². The fourth-order valence-corrected chi connectivity index (χ4v) is 4.97. The molecular formula is C22H23ClFN5O3S. The summed E-state index contributed by atoms with van der Waals surface area (Å²) in [7, 11) is -3.70. The van der Waals surface area contributed by atoms with Crippen molar-refractivity contribution in [2.45, 2.75) is 25.7 Å². The monoisotopic (exact) mass is 491 g/mol. The summed E-state index contributed by atoms with van der Waals surface area (Å²) < 4.78 is 41.3. The molecule has 0 radical (unpaired) electrons. The molecule has 0 unspecified atom stereocenters. The number of carbonyl (C=O) groups is 1. The van der Waals surface area contributed by atoms with Crippen molar-refractivity contribution < 1.29 is 17.6 Å². The zero-order chi connectivity index (χ0) is 24.2. The lowest BCUT2D eigenvalue weighted by atomic mass is 10.2. The topological polar surface area (TPSA) is 96.7 Å². The van der Waals surface area contributed by atoms with Crippen molar-refractivity contribution in [1.82, 2.24) is 19.5 Å². The third kappa shape index (κ3) is 5.29. The number of halogens is 2. The minimum atomic E-state index is -3.70. The van der Waals surface area contributed by atoms with E-state index in [2.05, 4.69) is 15.6 Å². The third-order valence-electron chi connectivity index (χ3n) is 4.92. The average molecular weight is 492 g/mol. The highest BCUT2D eigenvalue weighted by atomic mass is 35.5. The molecule has 1 aromatic heterocycles. The van der Waals surface area contributed by atoms with E-state index in [1.807, 2.05) is 0 Å². The normalized spacial score (nSPS) is 11.9. The van der Waals surface area contributed by atoms with Crippen LogP contribution < -0.4 is 5.43 Å². The first kappa shape index (κ1) is 24.6. The maximum Gasteiger partial charge on any atom is 0.271 e. The van der Waals surface area contributed by atoms with Crippen LogP contribution in [0.25, 0.3) is 5.69 Å². The average Bonchev–Trinajstić information content (AvgIpc) is 3.08. The maximum atomic E-state index is 13.2. The van der Waals surface area contributed by atoms with E-state index in [1.165, 1.54) is 63.7 Å². The minimum Gasteiger partial charge on any atom is -0.267 e. The fourth-order valence-electron chi connectivity index (χ4n) is 3.14. The molecule has 11 heteroatoms. The molecule has 1 heterocycles. The summed E-state index contributed by atoms with van der Waals surface area (Å²) in [5.41, 5.74) is 4.11. The van der Waals surface area contributed by atoms with Crippen molar-refractivity contribution in [1.29, 1.82) is 0 Å². The smallest absolute Gasteiger partial charge is 0.267 e. The van der Waals surface area contributed by atoms with Gasteiger partial charge in [-0.05, 0) is 49.4 Å². The van der Waals surface area contributed by atoms with Gasteiger partial charge in [0.1, 0.15) is 11.0 Å². The summed E-state index contributed by atoms with van der Waals surface area (Å²) in [6, 6.07) is 11.4.